The quantitative estimate of drug-likeness (QED) is 0.755. The molecule has 0 saturated carbocycles. The first-order valence-electron chi connectivity index (χ1n) is 7.64. The summed E-state index contributed by atoms with van der Waals surface area (Å²) < 4.78 is 1.58. The van der Waals surface area contributed by atoms with Crippen LogP contribution in [0.4, 0.5) is 11.5 Å². The summed E-state index contributed by atoms with van der Waals surface area (Å²) in [6, 6.07) is 0. The lowest BCUT2D eigenvalue weighted by Gasteiger charge is -2.30. The summed E-state index contributed by atoms with van der Waals surface area (Å²) in [5.41, 5.74) is 6.90. The Morgan fingerprint density at radius 1 is 1.39 bits per heavy atom. The monoisotopic (exact) mass is 316 g/mol. The zero-order chi connectivity index (χ0) is 16.6. The maximum absolute atomic E-state index is 12.3. The lowest BCUT2D eigenvalue weighted by atomic mass is 10.0. The van der Waals surface area contributed by atoms with E-state index in [2.05, 4.69) is 22.3 Å². The van der Waals surface area contributed by atoms with Gasteiger partial charge in [0.15, 0.2) is 0 Å². The number of nitrogens with one attached hydrogen (secondary N) is 1. The maximum atomic E-state index is 12.3. The van der Waals surface area contributed by atoms with Gasteiger partial charge >= 0.3 is 11.8 Å². The van der Waals surface area contributed by atoms with E-state index in [-0.39, 0.29) is 0 Å². The van der Waals surface area contributed by atoms with Crippen molar-refractivity contribution in [3.63, 3.8) is 0 Å². The van der Waals surface area contributed by atoms with Crippen LogP contribution in [0.25, 0.3) is 10.9 Å². The van der Waals surface area contributed by atoms with Crippen molar-refractivity contribution in [1.82, 2.24) is 19.7 Å². The third kappa shape index (κ3) is 2.84. The molecule has 1 atom stereocenters. The van der Waals surface area contributed by atoms with Crippen LogP contribution in [0.3, 0.4) is 0 Å². The smallest absolute Gasteiger partial charge is 0.313 e. The fraction of sp³-hybridized carbons (Fsp3) is 0.467. The Kier molecular flexibility index (Phi) is 3.89. The van der Waals surface area contributed by atoms with Crippen molar-refractivity contribution in [2.24, 2.45) is 13.0 Å². The van der Waals surface area contributed by atoms with Crippen LogP contribution in [0.15, 0.2) is 12.4 Å². The minimum Gasteiger partial charge on any atom is -0.382 e. The van der Waals surface area contributed by atoms with Crippen molar-refractivity contribution in [1.29, 1.82) is 0 Å². The van der Waals surface area contributed by atoms with Crippen molar-refractivity contribution in [2.45, 2.75) is 19.8 Å². The first kappa shape index (κ1) is 15.3. The molecule has 3 rings (SSSR count). The van der Waals surface area contributed by atoms with Crippen LogP contribution in [-0.4, -0.2) is 44.6 Å². The Balaban J connectivity index is 1.80. The van der Waals surface area contributed by atoms with Crippen LogP contribution in [0.2, 0.25) is 0 Å². The van der Waals surface area contributed by atoms with Gasteiger partial charge in [0.05, 0.1) is 18.1 Å². The van der Waals surface area contributed by atoms with Gasteiger partial charge in [0, 0.05) is 25.5 Å². The van der Waals surface area contributed by atoms with Crippen LogP contribution in [-0.2, 0) is 16.6 Å². The summed E-state index contributed by atoms with van der Waals surface area (Å²) in [6.45, 7) is 3.33. The summed E-state index contributed by atoms with van der Waals surface area (Å²) in [4.78, 5) is 30.2. The van der Waals surface area contributed by atoms with Gasteiger partial charge in [-0.25, -0.2) is 4.98 Å². The lowest BCUT2D eigenvalue weighted by Crippen LogP contribution is -2.44. The Hall–Kier alpha value is -2.64. The molecule has 23 heavy (non-hydrogen) atoms. The fourth-order valence-electron chi connectivity index (χ4n) is 3.00. The largest absolute Gasteiger partial charge is 0.382 e. The molecule has 2 aromatic rings. The molecule has 8 heteroatoms. The Morgan fingerprint density at radius 2 is 2.17 bits per heavy atom. The van der Waals surface area contributed by atoms with Crippen molar-refractivity contribution < 1.29 is 9.59 Å². The highest BCUT2D eigenvalue weighted by atomic mass is 16.2. The number of piperidine rings is 1. The van der Waals surface area contributed by atoms with Gasteiger partial charge in [0.25, 0.3) is 0 Å². The molecule has 2 amide bonds. The minimum absolute atomic E-state index is 0.328. The second-order valence-corrected chi connectivity index (χ2v) is 6.04. The number of hydrogen-bond donors (Lipinski definition) is 2. The van der Waals surface area contributed by atoms with Crippen molar-refractivity contribution >= 4 is 34.2 Å². The highest BCUT2D eigenvalue weighted by Gasteiger charge is 2.26. The van der Waals surface area contributed by atoms with Crippen LogP contribution in [0.1, 0.15) is 19.8 Å². The van der Waals surface area contributed by atoms with E-state index in [9.17, 15) is 9.59 Å². The predicted octanol–water partition coefficient (Wildman–Crippen LogP) is 0.747. The van der Waals surface area contributed by atoms with Gasteiger partial charge in [0.1, 0.15) is 11.3 Å². The van der Waals surface area contributed by atoms with Crippen molar-refractivity contribution in [3.05, 3.63) is 12.4 Å². The highest BCUT2D eigenvalue weighted by molar-refractivity contribution is 6.40. The van der Waals surface area contributed by atoms with Gasteiger partial charge in [-0.3, -0.25) is 14.3 Å². The van der Waals surface area contributed by atoms with Gasteiger partial charge in [-0.2, -0.15) is 5.10 Å². The summed E-state index contributed by atoms with van der Waals surface area (Å²) in [6.07, 6.45) is 5.06. The maximum Gasteiger partial charge on any atom is 0.313 e. The molecule has 3 N–H and O–H groups in total. The van der Waals surface area contributed by atoms with E-state index in [1.54, 1.807) is 22.8 Å². The van der Waals surface area contributed by atoms with Crippen LogP contribution < -0.4 is 11.1 Å². The molecule has 1 aliphatic heterocycles. The van der Waals surface area contributed by atoms with Gasteiger partial charge in [-0.15, -0.1) is 0 Å². The number of amides is 2. The third-order valence-corrected chi connectivity index (χ3v) is 4.19. The average molecular weight is 316 g/mol. The van der Waals surface area contributed by atoms with E-state index in [4.69, 9.17) is 5.73 Å². The van der Waals surface area contributed by atoms with Crippen molar-refractivity contribution in [2.75, 3.05) is 24.1 Å². The van der Waals surface area contributed by atoms with E-state index in [0.29, 0.717) is 41.4 Å². The standard InChI is InChI=1S/C15H20N6O2/c1-9-4-3-5-21(8-9)15(23)14(22)19-11-7-17-13(16)12-10(11)6-18-20(12)2/h6-7,9H,3-5,8H2,1-2H3,(H2,16,17)(H,19,22). The van der Waals surface area contributed by atoms with E-state index in [1.165, 1.54) is 6.20 Å². The number of nitrogens with zero attached hydrogens (tertiary/aromatic N) is 4. The molecule has 1 fully saturated rings. The number of fused-ring (bicyclic) bond motifs is 1. The lowest BCUT2D eigenvalue weighted by molar-refractivity contribution is -0.144. The van der Waals surface area contributed by atoms with E-state index >= 15 is 0 Å². The van der Waals surface area contributed by atoms with Crippen molar-refractivity contribution in [3.8, 4) is 0 Å². The second kappa shape index (κ2) is 5.86. The van der Waals surface area contributed by atoms with Gasteiger partial charge < -0.3 is 16.0 Å². The topological polar surface area (TPSA) is 106 Å². The van der Waals surface area contributed by atoms with Gasteiger partial charge in [-0.05, 0) is 18.8 Å². The molecule has 0 spiro atoms. The third-order valence-electron chi connectivity index (χ3n) is 4.19. The Morgan fingerprint density at radius 3 is 2.91 bits per heavy atom. The molecule has 2 aromatic heterocycles. The Labute approximate surface area is 133 Å². The molecule has 0 radical (unpaired) electrons. The summed E-state index contributed by atoms with van der Waals surface area (Å²) in [5, 5.41) is 7.42. The van der Waals surface area contributed by atoms with Crippen LogP contribution in [0, 0.1) is 5.92 Å². The van der Waals surface area contributed by atoms with E-state index in [1.807, 2.05) is 0 Å². The first-order chi connectivity index (χ1) is 11.0. The first-order valence-corrected chi connectivity index (χ1v) is 7.64. The molecule has 3 heterocycles. The number of aryl methyl sites for hydroxylation is 1. The number of nitrogens with two attached hydrogens (primary N) is 1. The zero-order valence-electron chi connectivity index (χ0n) is 13.2. The number of carbonyl (C=O) groups excluding carboxylic acids is 2. The molecule has 0 bridgehead atoms. The predicted molar refractivity (Wildman–Crippen MR) is 86.5 cm³/mol. The van der Waals surface area contributed by atoms with E-state index in [0.717, 1.165) is 12.8 Å². The molecule has 1 saturated heterocycles. The number of anilines is 2. The molecular weight excluding hydrogens is 296 g/mol. The van der Waals surface area contributed by atoms with Gasteiger partial charge in [0.2, 0.25) is 0 Å². The van der Waals surface area contributed by atoms with Crippen LogP contribution in [0.5, 0.6) is 0 Å². The second-order valence-electron chi connectivity index (χ2n) is 6.04. The molecule has 0 aliphatic carbocycles. The Bertz CT molecular complexity index is 769. The number of rotatable bonds is 1. The van der Waals surface area contributed by atoms with Crippen LogP contribution >= 0.6 is 0 Å². The zero-order valence-corrected chi connectivity index (χ0v) is 13.2. The number of likely N-dealkylation sites (tertiary alicyclic amines) is 1. The highest BCUT2D eigenvalue weighted by Crippen LogP contribution is 2.25. The van der Waals surface area contributed by atoms with E-state index < -0.39 is 11.8 Å². The molecule has 122 valence electrons. The number of nitrogen functional groups attached to an aromatic ring is 1. The molecule has 8 nitrogen and oxygen atoms in total. The summed E-state index contributed by atoms with van der Waals surface area (Å²) >= 11 is 0. The molecule has 0 aromatic carbocycles. The average Bonchev–Trinajstić information content (AvgIpc) is 2.92. The molecule has 1 unspecified atom stereocenters. The normalized spacial score (nSPS) is 18.2. The minimum atomic E-state index is -0.657. The molecular formula is C15H20N6O2. The molecule has 1 aliphatic rings. The summed E-state index contributed by atoms with van der Waals surface area (Å²) in [7, 11) is 1.74. The fourth-order valence-corrected chi connectivity index (χ4v) is 3.00. The SMILES string of the molecule is CC1CCCN(C(=O)C(=O)Nc2cnc(N)c3c2cnn3C)C1. The number of carbonyl (C=O) groups is 2. The number of pyridine rings is 1. The number of hydrogen-bond acceptors (Lipinski definition) is 5. The summed E-state index contributed by atoms with van der Waals surface area (Å²) in [5.74, 6) is -0.417. The number of aromatic nitrogens is 3. The van der Waals surface area contributed by atoms with Gasteiger partial charge in [-0.1, -0.05) is 6.92 Å².